The van der Waals surface area contributed by atoms with Gasteiger partial charge in [-0.15, -0.1) is 11.8 Å². The highest BCUT2D eigenvalue weighted by Crippen LogP contribution is 2.34. The van der Waals surface area contributed by atoms with E-state index in [0.717, 1.165) is 16.3 Å². The Bertz CT molecular complexity index is 812. The number of ether oxygens (including phenoxy) is 1. The summed E-state index contributed by atoms with van der Waals surface area (Å²) in [5.41, 5.74) is 1.26. The lowest BCUT2D eigenvalue weighted by Gasteiger charge is -2.29. The summed E-state index contributed by atoms with van der Waals surface area (Å²) in [6, 6.07) is 12.0. The predicted molar refractivity (Wildman–Crippen MR) is 97.7 cm³/mol. The summed E-state index contributed by atoms with van der Waals surface area (Å²) < 4.78 is 5.20. The number of nitrogens with zero attached hydrogens (tertiary/aromatic N) is 2. The second-order valence-electron chi connectivity index (χ2n) is 5.36. The molecule has 1 aliphatic rings. The van der Waals surface area contributed by atoms with Gasteiger partial charge < -0.3 is 15.0 Å². The highest BCUT2D eigenvalue weighted by molar-refractivity contribution is 7.99. The van der Waals surface area contributed by atoms with Crippen LogP contribution in [0.25, 0.3) is 0 Å². The van der Waals surface area contributed by atoms with Crippen molar-refractivity contribution in [2.45, 2.75) is 4.90 Å². The van der Waals surface area contributed by atoms with Gasteiger partial charge in [0.25, 0.3) is 5.69 Å². The average molecular weight is 359 g/mol. The van der Waals surface area contributed by atoms with E-state index in [1.54, 1.807) is 16.7 Å². The first-order valence-corrected chi connectivity index (χ1v) is 8.67. The molecular formula is C17H17N3O4S. The van der Waals surface area contributed by atoms with Crippen LogP contribution in [-0.4, -0.2) is 36.8 Å². The van der Waals surface area contributed by atoms with Crippen LogP contribution in [0, 0.1) is 10.1 Å². The topological polar surface area (TPSA) is 84.7 Å². The maximum absolute atomic E-state index is 12.6. The Kier molecular flexibility index (Phi) is 5.08. The molecule has 2 aromatic rings. The van der Waals surface area contributed by atoms with E-state index in [1.165, 1.54) is 25.3 Å². The fraction of sp³-hybridized carbons (Fsp3) is 0.235. The average Bonchev–Trinajstić information content (AvgIpc) is 2.65. The van der Waals surface area contributed by atoms with E-state index >= 15 is 0 Å². The smallest absolute Gasteiger partial charge is 0.271 e. The molecule has 2 aromatic carbocycles. The second kappa shape index (κ2) is 7.43. The van der Waals surface area contributed by atoms with Crippen LogP contribution in [-0.2, 0) is 4.79 Å². The standard InChI is InChI=1S/C17H17N3O4S/c1-24-15-7-6-12(20(22)23)10-13(15)18-11-17(21)19-8-9-25-16-5-3-2-4-14(16)19/h2-7,10,18H,8-9,11H2,1H3. The molecule has 25 heavy (non-hydrogen) atoms. The molecule has 1 amide bonds. The number of hydrogen-bond donors (Lipinski definition) is 1. The van der Waals surface area contributed by atoms with Crippen molar-refractivity contribution in [3.63, 3.8) is 0 Å². The molecule has 0 bridgehead atoms. The summed E-state index contributed by atoms with van der Waals surface area (Å²) in [5.74, 6) is 1.19. The van der Waals surface area contributed by atoms with Gasteiger partial charge in [-0.25, -0.2) is 0 Å². The van der Waals surface area contributed by atoms with Crippen LogP contribution in [0.3, 0.4) is 0 Å². The van der Waals surface area contributed by atoms with E-state index in [9.17, 15) is 14.9 Å². The van der Waals surface area contributed by atoms with Crippen LogP contribution in [0.15, 0.2) is 47.4 Å². The Morgan fingerprint density at radius 2 is 2.16 bits per heavy atom. The first kappa shape index (κ1) is 17.1. The van der Waals surface area contributed by atoms with Crippen LogP contribution < -0.4 is 15.0 Å². The van der Waals surface area contributed by atoms with Gasteiger partial charge in [0, 0.05) is 29.3 Å². The van der Waals surface area contributed by atoms with Crippen molar-refractivity contribution in [2.24, 2.45) is 0 Å². The van der Waals surface area contributed by atoms with Crippen LogP contribution in [0.2, 0.25) is 0 Å². The number of benzene rings is 2. The minimum Gasteiger partial charge on any atom is -0.495 e. The van der Waals surface area contributed by atoms with E-state index in [1.807, 2.05) is 24.3 Å². The Hall–Kier alpha value is -2.74. The Morgan fingerprint density at radius 1 is 1.36 bits per heavy atom. The van der Waals surface area contributed by atoms with Gasteiger partial charge in [0.1, 0.15) is 5.75 Å². The number of carbonyl (C=O) groups is 1. The normalized spacial score (nSPS) is 13.1. The Balaban J connectivity index is 1.75. The van der Waals surface area contributed by atoms with E-state index in [-0.39, 0.29) is 18.1 Å². The lowest BCUT2D eigenvalue weighted by atomic mass is 10.2. The number of para-hydroxylation sites is 1. The molecule has 0 aliphatic carbocycles. The van der Waals surface area contributed by atoms with Crippen LogP contribution in [0.1, 0.15) is 0 Å². The number of thioether (sulfide) groups is 1. The second-order valence-corrected chi connectivity index (χ2v) is 6.49. The number of non-ortho nitro benzene ring substituents is 1. The van der Waals surface area contributed by atoms with Gasteiger partial charge in [0.05, 0.1) is 30.0 Å². The summed E-state index contributed by atoms with van der Waals surface area (Å²) in [6.45, 7) is 0.658. The van der Waals surface area contributed by atoms with E-state index < -0.39 is 4.92 Å². The number of nitro groups is 1. The first-order chi connectivity index (χ1) is 12.1. The van der Waals surface area contributed by atoms with Crippen molar-refractivity contribution in [3.05, 3.63) is 52.6 Å². The zero-order valence-corrected chi connectivity index (χ0v) is 14.4. The number of anilines is 2. The molecular weight excluding hydrogens is 342 g/mol. The van der Waals surface area contributed by atoms with Gasteiger partial charge in [-0.05, 0) is 18.2 Å². The molecule has 8 heteroatoms. The molecule has 0 aromatic heterocycles. The molecule has 1 N–H and O–H groups in total. The van der Waals surface area contributed by atoms with E-state index in [0.29, 0.717) is 18.0 Å². The minimum absolute atomic E-state index is 0.0243. The molecule has 0 saturated carbocycles. The van der Waals surface area contributed by atoms with Gasteiger partial charge in [0.15, 0.2) is 0 Å². The third-order valence-corrected chi connectivity index (χ3v) is 4.90. The van der Waals surface area contributed by atoms with Gasteiger partial charge in [0.2, 0.25) is 5.91 Å². The summed E-state index contributed by atoms with van der Waals surface area (Å²) in [6.07, 6.45) is 0. The number of nitrogens with one attached hydrogen (secondary N) is 1. The van der Waals surface area contributed by atoms with Gasteiger partial charge in [-0.3, -0.25) is 14.9 Å². The molecule has 7 nitrogen and oxygen atoms in total. The van der Waals surface area contributed by atoms with E-state index in [4.69, 9.17) is 4.74 Å². The third kappa shape index (κ3) is 3.69. The molecule has 130 valence electrons. The number of rotatable bonds is 5. The van der Waals surface area contributed by atoms with Crippen molar-refractivity contribution in [3.8, 4) is 5.75 Å². The Morgan fingerprint density at radius 3 is 2.92 bits per heavy atom. The highest BCUT2D eigenvalue weighted by atomic mass is 32.2. The van der Waals surface area contributed by atoms with Crippen molar-refractivity contribution in [1.82, 2.24) is 0 Å². The summed E-state index contributed by atoms with van der Waals surface area (Å²) in [7, 11) is 1.48. The SMILES string of the molecule is COc1ccc([N+](=O)[O-])cc1NCC(=O)N1CCSc2ccccc21. The number of methoxy groups -OCH3 is 1. The molecule has 3 rings (SSSR count). The van der Waals surface area contributed by atoms with E-state index in [2.05, 4.69) is 5.32 Å². The maximum Gasteiger partial charge on any atom is 0.271 e. The quantitative estimate of drug-likeness (QED) is 0.652. The largest absolute Gasteiger partial charge is 0.495 e. The third-order valence-electron chi connectivity index (χ3n) is 3.85. The van der Waals surface area contributed by atoms with Gasteiger partial charge in [-0.1, -0.05) is 12.1 Å². The fourth-order valence-corrected chi connectivity index (χ4v) is 3.64. The van der Waals surface area contributed by atoms with Crippen LogP contribution in [0.4, 0.5) is 17.1 Å². The van der Waals surface area contributed by atoms with Crippen molar-refractivity contribution in [2.75, 3.05) is 36.2 Å². The lowest BCUT2D eigenvalue weighted by molar-refractivity contribution is -0.384. The molecule has 1 aliphatic heterocycles. The lowest BCUT2D eigenvalue weighted by Crippen LogP contribution is -2.39. The molecule has 1 heterocycles. The number of amides is 1. The molecule has 0 radical (unpaired) electrons. The summed E-state index contributed by atoms with van der Waals surface area (Å²) in [4.78, 5) is 25.9. The molecule has 0 unspecified atom stereocenters. The Labute approximate surface area is 149 Å². The fourth-order valence-electron chi connectivity index (χ4n) is 2.64. The van der Waals surface area contributed by atoms with Crippen LogP contribution >= 0.6 is 11.8 Å². The first-order valence-electron chi connectivity index (χ1n) is 7.68. The van der Waals surface area contributed by atoms with Crippen molar-refractivity contribution < 1.29 is 14.5 Å². The number of hydrogen-bond acceptors (Lipinski definition) is 6. The zero-order valence-electron chi connectivity index (χ0n) is 13.6. The minimum atomic E-state index is -0.482. The molecule has 0 saturated heterocycles. The summed E-state index contributed by atoms with van der Waals surface area (Å²) >= 11 is 1.73. The number of nitro benzene ring substituents is 1. The maximum atomic E-state index is 12.6. The van der Waals surface area contributed by atoms with Gasteiger partial charge >= 0.3 is 0 Å². The van der Waals surface area contributed by atoms with Crippen molar-refractivity contribution in [1.29, 1.82) is 0 Å². The van der Waals surface area contributed by atoms with Crippen molar-refractivity contribution >= 4 is 34.7 Å². The van der Waals surface area contributed by atoms with Gasteiger partial charge in [-0.2, -0.15) is 0 Å². The monoisotopic (exact) mass is 359 g/mol. The highest BCUT2D eigenvalue weighted by Gasteiger charge is 2.22. The number of fused-ring (bicyclic) bond motifs is 1. The summed E-state index contributed by atoms with van der Waals surface area (Å²) in [5, 5.41) is 13.9. The zero-order chi connectivity index (χ0) is 17.8. The number of carbonyl (C=O) groups excluding carboxylic acids is 1. The molecule has 0 atom stereocenters. The van der Waals surface area contributed by atoms with Crippen LogP contribution in [0.5, 0.6) is 5.75 Å². The molecule has 0 fully saturated rings. The predicted octanol–water partition coefficient (Wildman–Crippen LogP) is 3.15. The molecule has 0 spiro atoms.